The highest BCUT2D eigenvalue weighted by molar-refractivity contribution is 7.10. The molecule has 0 aliphatic rings. The Morgan fingerprint density at radius 3 is 3.00 bits per heavy atom. The first kappa shape index (κ1) is 9.18. The third kappa shape index (κ3) is 1.49. The topological polar surface area (TPSA) is 50.4 Å². The second-order valence-corrected chi connectivity index (χ2v) is 3.76. The predicted molar refractivity (Wildman–Crippen MR) is 52.5 cm³/mol. The molecule has 1 atom stereocenters. The van der Waals surface area contributed by atoms with Crippen molar-refractivity contribution < 1.29 is 14.3 Å². The zero-order valence-electron chi connectivity index (χ0n) is 7.21. The number of aliphatic hydroxyl groups excluding tert-OH is 1. The molecule has 0 saturated carbocycles. The molecule has 14 heavy (non-hydrogen) atoms. The lowest BCUT2D eigenvalue weighted by atomic mass is 10.1. The molecule has 2 aromatic rings. The number of carbonyl (C=O) groups excluding carboxylic acids is 1. The molecule has 0 spiro atoms. The van der Waals surface area contributed by atoms with E-state index in [-0.39, 0.29) is 0 Å². The van der Waals surface area contributed by atoms with Crippen molar-refractivity contribution in [2.75, 3.05) is 0 Å². The molecular weight excluding hydrogens is 200 g/mol. The Labute approximate surface area is 84.6 Å². The Morgan fingerprint density at radius 2 is 2.36 bits per heavy atom. The van der Waals surface area contributed by atoms with Crippen LogP contribution in [0.4, 0.5) is 0 Å². The lowest BCUT2D eigenvalue weighted by molar-refractivity contribution is 0.111. The molecule has 0 fully saturated rings. The molecular formula is C10H8O3S. The maximum Gasteiger partial charge on any atom is 0.153 e. The minimum atomic E-state index is -0.842. The molecule has 3 nitrogen and oxygen atoms in total. The van der Waals surface area contributed by atoms with Crippen LogP contribution < -0.4 is 0 Å². The molecule has 72 valence electrons. The van der Waals surface area contributed by atoms with E-state index in [1.165, 1.54) is 17.6 Å². The fourth-order valence-electron chi connectivity index (χ4n) is 1.23. The molecule has 2 heterocycles. The molecule has 0 bridgehead atoms. The zero-order valence-corrected chi connectivity index (χ0v) is 8.03. The van der Waals surface area contributed by atoms with Gasteiger partial charge in [0.25, 0.3) is 0 Å². The average Bonchev–Trinajstić information content (AvgIpc) is 2.87. The molecule has 0 aliphatic heterocycles. The normalized spacial score (nSPS) is 12.6. The first-order valence-corrected chi connectivity index (χ1v) is 4.95. The average molecular weight is 208 g/mol. The summed E-state index contributed by atoms with van der Waals surface area (Å²) >= 11 is 1.42. The van der Waals surface area contributed by atoms with E-state index in [0.29, 0.717) is 17.6 Å². The Hall–Kier alpha value is -1.39. The van der Waals surface area contributed by atoms with Crippen LogP contribution in [-0.2, 0) is 0 Å². The van der Waals surface area contributed by atoms with E-state index in [9.17, 15) is 9.90 Å². The SMILES string of the molecule is O=Cc1ccoc1C(O)c1cccs1. The highest BCUT2D eigenvalue weighted by atomic mass is 32.1. The van der Waals surface area contributed by atoms with Crippen molar-refractivity contribution in [1.29, 1.82) is 0 Å². The Kier molecular flexibility index (Phi) is 2.47. The summed E-state index contributed by atoms with van der Waals surface area (Å²) in [5.74, 6) is 0.308. The molecule has 0 saturated heterocycles. The van der Waals surface area contributed by atoms with Gasteiger partial charge in [-0.15, -0.1) is 11.3 Å². The third-order valence-electron chi connectivity index (χ3n) is 1.92. The first-order valence-electron chi connectivity index (χ1n) is 4.07. The van der Waals surface area contributed by atoms with E-state index in [4.69, 9.17) is 4.42 Å². The van der Waals surface area contributed by atoms with Gasteiger partial charge in [-0.1, -0.05) is 6.07 Å². The molecule has 2 aromatic heterocycles. The summed E-state index contributed by atoms with van der Waals surface area (Å²) in [5, 5.41) is 11.7. The molecule has 1 unspecified atom stereocenters. The largest absolute Gasteiger partial charge is 0.465 e. The van der Waals surface area contributed by atoms with Gasteiger partial charge >= 0.3 is 0 Å². The number of rotatable bonds is 3. The molecule has 2 rings (SSSR count). The molecule has 0 aromatic carbocycles. The summed E-state index contributed by atoms with van der Waals surface area (Å²) in [4.78, 5) is 11.4. The number of thiophene rings is 1. The van der Waals surface area contributed by atoms with Gasteiger partial charge in [-0.25, -0.2) is 0 Å². The van der Waals surface area contributed by atoms with Crippen LogP contribution in [0.5, 0.6) is 0 Å². The summed E-state index contributed by atoms with van der Waals surface area (Å²) in [6.45, 7) is 0. The predicted octanol–water partition coefficient (Wildman–Crippen LogP) is 2.24. The smallest absolute Gasteiger partial charge is 0.153 e. The van der Waals surface area contributed by atoms with Gasteiger partial charge in [-0.05, 0) is 17.5 Å². The highest BCUT2D eigenvalue weighted by Gasteiger charge is 2.18. The summed E-state index contributed by atoms with van der Waals surface area (Å²) in [5.41, 5.74) is 0.394. The lowest BCUT2D eigenvalue weighted by Crippen LogP contribution is -1.98. The fraction of sp³-hybridized carbons (Fsp3) is 0.100. The summed E-state index contributed by atoms with van der Waals surface area (Å²) < 4.78 is 5.07. The maximum absolute atomic E-state index is 10.6. The standard InChI is InChI=1S/C10H8O3S/c11-6-7-3-4-13-10(7)9(12)8-2-1-5-14-8/h1-6,9,12H. The zero-order chi connectivity index (χ0) is 9.97. The van der Waals surface area contributed by atoms with Crippen LogP contribution in [0.3, 0.4) is 0 Å². The van der Waals surface area contributed by atoms with Gasteiger partial charge in [0, 0.05) is 4.88 Å². The molecule has 4 heteroatoms. The van der Waals surface area contributed by atoms with Crippen LogP contribution in [0.15, 0.2) is 34.3 Å². The van der Waals surface area contributed by atoms with E-state index in [0.717, 1.165) is 4.88 Å². The van der Waals surface area contributed by atoms with E-state index >= 15 is 0 Å². The van der Waals surface area contributed by atoms with E-state index in [2.05, 4.69) is 0 Å². The van der Waals surface area contributed by atoms with Crippen LogP contribution in [0.1, 0.15) is 27.1 Å². The minimum absolute atomic E-state index is 0.308. The number of furan rings is 1. The van der Waals surface area contributed by atoms with Crippen molar-refractivity contribution in [2.24, 2.45) is 0 Å². The van der Waals surface area contributed by atoms with Crippen molar-refractivity contribution in [2.45, 2.75) is 6.10 Å². The van der Waals surface area contributed by atoms with Gasteiger partial charge in [0.2, 0.25) is 0 Å². The number of hydrogen-bond acceptors (Lipinski definition) is 4. The molecule has 0 aliphatic carbocycles. The summed E-state index contributed by atoms with van der Waals surface area (Å²) in [6.07, 6.45) is 1.23. The van der Waals surface area contributed by atoms with Crippen molar-refractivity contribution in [3.05, 3.63) is 46.0 Å². The fourth-order valence-corrected chi connectivity index (χ4v) is 1.93. The van der Waals surface area contributed by atoms with Gasteiger partial charge in [0.1, 0.15) is 11.9 Å². The highest BCUT2D eigenvalue weighted by Crippen LogP contribution is 2.27. The van der Waals surface area contributed by atoms with Crippen LogP contribution >= 0.6 is 11.3 Å². The Bertz CT molecular complexity index is 416. The van der Waals surface area contributed by atoms with Crippen LogP contribution in [-0.4, -0.2) is 11.4 Å². The van der Waals surface area contributed by atoms with Crippen molar-refractivity contribution >= 4 is 17.6 Å². The van der Waals surface area contributed by atoms with E-state index in [1.54, 1.807) is 12.1 Å². The summed E-state index contributed by atoms with van der Waals surface area (Å²) in [6, 6.07) is 5.18. The van der Waals surface area contributed by atoms with Gasteiger partial charge in [0.05, 0.1) is 11.8 Å². The van der Waals surface area contributed by atoms with E-state index < -0.39 is 6.10 Å². The Balaban J connectivity index is 2.36. The lowest BCUT2D eigenvalue weighted by Gasteiger charge is -2.04. The first-order chi connectivity index (χ1) is 6.83. The summed E-state index contributed by atoms with van der Waals surface area (Å²) in [7, 11) is 0. The van der Waals surface area contributed by atoms with Gasteiger partial charge in [0.15, 0.2) is 6.29 Å². The minimum Gasteiger partial charge on any atom is -0.465 e. The van der Waals surface area contributed by atoms with Crippen molar-refractivity contribution in [3.8, 4) is 0 Å². The quantitative estimate of drug-likeness (QED) is 0.787. The van der Waals surface area contributed by atoms with Gasteiger partial charge in [-0.2, -0.15) is 0 Å². The second-order valence-electron chi connectivity index (χ2n) is 2.78. The monoisotopic (exact) mass is 208 g/mol. The van der Waals surface area contributed by atoms with Crippen molar-refractivity contribution in [3.63, 3.8) is 0 Å². The van der Waals surface area contributed by atoms with Crippen molar-refractivity contribution in [1.82, 2.24) is 0 Å². The third-order valence-corrected chi connectivity index (χ3v) is 2.84. The molecule has 1 N–H and O–H groups in total. The number of hydrogen-bond donors (Lipinski definition) is 1. The number of carbonyl (C=O) groups is 1. The van der Waals surface area contributed by atoms with Crippen LogP contribution in [0, 0.1) is 0 Å². The van der Waals surface area contributed by atoms with Crippen LogP contribution in [0.2, 0.25) is 0 Å². The number of aliphatic hydroxyl groups is 1. The molecule has 0 amide bonds. The maximum atomic E-state index is 10.6. The number of aldehydes is 1. The molecule has 0 radical (unpaired) electrons. The van der Waals surface area contributed by atoms with Gasteiger partial charge in [-0.3, -0.25) is 4.79 Å². The van der Waals surface area contributed by atoms with Gasteiger partial charge < -0.3 is 9.52 Å². The second kappa shape index (κ2) is 3.77. The van der Waals surface area contributed by atoms with E-state index in [1.807, 2.05) is 11.4 Å². The van der Waals surface area contributed by atoms with Crippen LogP contribution in [0.25, 0.3) is 0 Å². The Morgan fingerprint density at radius 1 is 1.50 bits per heavy atom.